The Morgan fingerprint density at radius 3 is 2.64 bits per heavy atom. The number of piperidine rings is 1. The molecule has 0 unspecified atom stereocenters. The van der Waals surface area contributed by atoms with E-state index in [0.29, 0.717) is 5.41 Å². The summed E-state index contributed by atoms with van der Waals surface area (Å²) in [4.78, 5) is 10.9. The lowest BCUT2D eigenvalue weighted by Crippen LogP contribution is -2.60. The molecule has 3 heterocycles. The van der Waals surface area contributed by atoms with Crippen LogP contribution in [0.4, 0.5) is 5.82 Å². The van der Waals surface area contributed by atoms with Crippen molar-refractivity contribution >= 4 is 5.82 Å². The molecule has 2 saturated heterocycles. The summed E-state index contributed by atoms with van der Waals surface area (Å²) in [7, 11) is 0. The molecule has 5 heteroatoms. The molecule has 1 aromatic carbocycles. The van der Waals surface area contributed by atoms with Gasteiger partial charge in [-0.15, -0.1) is 0 Å². The number of anilines is 1. The van der Waals surface area contributed by atoms with E-state index >= 15 is 0 Å². The average molecular weight is 296 g/mol. The van der Waals surface area contributed by atoms with E-state index in [1.165, 1.54) is 12.8 Å². The van der Waals surface area contributed by atoms with E-state index in [2.05, 4.69) is 20.2 Å². The highest BCUT2D eigenvalue weighted by atomic mass is 16.5. The Kier molecular flexibility index (Phi) is 3.42. The maximum atomic E-state index is 5.96. The molecule has 1 aromatic heterocycles. The Labute approximate surface area is 130 Å². The summed E-state index contributed by atoms with van der Waals surface area (Å²) in [6, 6.07) is 9.80. The molecule has 114 valence electrons. The van der Waals surface area contributed by atoms with Crippen LogP contribution in [0.5, 0.6) is 11.5 Å². The number of rotatable bonds is 3. The van der Waals surface area contributed by atoms with Crippen LogP contribution in [0, 0.1) is 5.41 Å². The fourth-order valence-electron chi connectivity index (χ4n) is 3.42. The lowest BCUT2D eigenvalue weighted by atomic mass is 9.72. The Morgan fingerprint density at radius 1 is 1.09 bits per heavy atom. The van der Waals surface area contributed by atoms with Crippen LogP contribution >= 0.6 is 0 Å². The highest BCUT2D eigenvalue weighted by Gasteiger charge is 2.44. The van der Waals surface area contributed by atoms with E-state index < -0.39 is 0 Å². The number of nitrogens with one attached hydrogen (secondary N) is 1. The van der Waals surface area contributed by atoms with Crippen LogP contribution in [0.3, 0.4) is 0 Å². The Hall–Kier alpha value is -2.14. The highest BCUT2D eigenvalue weighted by Crippen LogP contribution is 2.43. The van der Waals surface area contributed by atoms with Crippen LogP contribution in [0.2, 0.25) is 0 Å². The smallest absolute Gasteiger partial charge is 0.188 e. The lowest BCUT2D eigenvalue weighted by Gasteiger charge is -2.53. The molecule has 5 nitrogen and oxygen atoms in total. The van der Waals surface area contributed by atoms with Gasteiger partial charge in [0.15, 0.2) is 11.6 Å². The molecule has 22 heavy (non-hydrogen) atoms. The second-order valence-corrected chi connectivity index (χ2v) is 6.23. The molecular weight excluding hydrogens is 276 g/mol. The van der Waals surface area contributed by atoms with Gasteiger partial charge in [0, 0.05) is 18.5 Å². The third-order valence-corrected chi connectivity index (χ3v) is 4.65. The number of hydrogen-bond donors (Lipinski definition) is 1. The van der Waals surface area contributed by atoms with Crippen LogP contribution in [0.25, 0.3) is 0 Å². The number of aromatic nitrogens is 2. The van der Waals surface area contributed by atoms with Crippen molar-refractivity contribution in [2.45, 2.75) is 12.8 Å². The van der Waals surface area contributed by atoms with E-state index in [4.69, 9.17) is 4.74 Å². The van der Waals surface area contributed by atoms with Gasteiger partial charge in [0.2, 0.25) is 0 Å². The molecule has 0 aliphatic carbocycles. The van der Waals surface area contributed by atoms with Crippen LogP contribution in [-0.4, -0.2) is 36.1 Å². The fraction of sp³-hybridized carbons (Fsp3) is 0.412. The average Bonchev–Trinajstić information content (AvgIpc) is 2.55. The number of ether oxygens (including phenoxy) is 1. The van der Waals surface area contributed by atoms with Crippen molar-refractivity contribution in [3.63, 3.8) is 0 Å². The Morgan fingerprint density at radius 2 is 1.86 bits per heavy atom. The van der Waals surface area contributed by atoms with Crippen molar-refractivity contribution in [3.05, 3.63) is 42.9 Å². The van der Waals surface area contributed by atoms with Gasteiger partial charge < -0.3 is 15.0 Å². The normalized spacial score (nSPS) is 19.7. The molecule has 2 aliphatic heterocycles. The summed E-state index contributed by atoms with van der Waals surface area (Å²) in [5.41, 5.74) is 0.472. The van der Waals surface area contributed by atoms with Crippen molar-refractivity contribution in [3.8, 4) is 11.5 Å². The summed E-state index contributed by atoms with van der Waals surface area (Å²) < 4.78 is 5.96. The third-order valence-electron chi connectivity index (χ3n) is 4.65. The number of nitrogens with zero attached hydrogens (tertiary/aromatic N) is 3. The second kappa shape index (κ2) is 5.57. The first kappa shape index (κ1) is 13.5. The minimum absolute atomic E-state index is 0.472. The first-order valence-corrected chi connectivity index (χ1v) is 7.83. The highest BCUT2D eigenvalue weighted by molar-refractivity contribution is 5.55. The van der Waals surface area contributed by atoms with Gasteiger partial charge in [0.05, 0.1) is 6.20 Å². The fourth-order valence-corrected chi connectivity index (χ4v) is 3.42. The van der Waals surface area contributed by atoms with Crippen molar-refractivity contribution in [2.75, 3.05) is 31.1 Å². The number of benzene rings is 1. The van der Waals surface area contributed by atoms with Gasteiger partial charge >= 0.3 is 0 Å². The summed E-state index contributed by atoms with van der Waals surface area (Å²) in [6.07, 6.45) is 5.86. The van der Waals surface area contributed by atoms with Crippen LogP contribution in [-0.2, 0) is 0 Å². The zero-order valence-electron chi connectivity index (χ0n) is 12.5. The van der Waals surface area contributed by atoms with Crippen molar-refractivity contribution in [2.24, 2.45) is 5.41 Å². The molecule has 4 rings (SSSR count). The third kappa shape index (κ3) is 2.52. The molecule has 0 radical (unpaired) electrons. The minimum Gasteiger partial charge on any atom is -0.452 e. The SMILES string of the molecule is c1ccc(Oc2cncnc2N2CC3(CCNCC3)C2)cc1. The second-order valence-electron chi connectivity index (χ2n) is 6.23. The Bertz CT molecular complexity index is 632. The van der Waals surface area contributed by atoms with Crippen LogP contribution in [0.1, 0.15) is 12.8 Å². The molecule has 1 N–H and O–H groups in total. The molecule has 2 aliphatic rings. The van der Waals surface area contributed by atoms with E-state index in [-0.39, 0.29) is 0 Å². The van der Waals surface area contributed by atoms with Crippen molar-refractivity contribution in [1.82, 2.24) is 15.3 Å². The summed E-state index contributed by atoms with van der Waals surface area (Å²) in [5.74, 6) is 2.45. The summed E-state index contributed by atoms with van der Waals surface area (Å²) >= 11 is 0. The maximum absolute atomic E-state index is 5.96. The molecule has 1 spiro atoms. The number of para-hydroxylation sites is 1. The number of hydrogen-bond acceptors (Lipinski definition) is 5. The summed E-state index contributed by atoms with van der Waals surface area (Å²) in [5, 5.41) is 3.44. The monoisotopic (exact) mass is 296 g/mol. The summed E-state index contributed by atoms with van der Waals surface area (Å²) in [6.45, 7) is 4.39. The first-order chi connectivity index (χ1) is 10.8. The van der Waals surface area contributed by atoms with E-state index in [9.17, 15) is 0 Å². The Balaban J connectivity index is 1.51. The quantitative estimate of drug-likeness (QED) is 0.943. The molecule has 2 aromatic rings. The zero-order chi connectivity index (χ0) is 14.8. The van der Waals surface area contributed by atoms with Gasteiger partial charge in [-0.3, -0.25) is 0 Å². The predicted molar refractivity (Wildman–Crippen MR) is 85.3 cm³/mol. The van der Waals surface area contributed by atoms with E-state index in [1.54, 1.807) is 12.5 Å². The molecular formula is C17H20N4O. The van der Waals surface area contributed by atoms with Crippen LogP contribution < -0.4 is 15.0 Å². The predicted octanol–water partition coefficient (Wildman–Crippen LogP) is 2.46. The van der Waals surface area contributed by atoms with E-state index in [1.807, 2.05) is 30.3 Å². The van der Waals surface area contributed by atoms with E-state index in [0.717, 1.165) is 43.5 Å². The topological polar surface area (TPSA) is 50.3 Å². The molecule has 0 amide bonds. The van der Waals surface area contributed by atoms with Gasteiger partial charge in [0.25, 0.3) is 0 Å². The van der Waals surface area contributed by atoms with Gasteiger partial charge in [-0.2, -0.15) is 0 Å². The largest absolute Gasteiger partial charge is 0.452 e. The van der Waals surface area contributed by atoms with Crippen molar-refractivity contribution in [1.29, 1.82) is 0 Å². The van der Waals surface area contributed by atoms with Gasteiger partial charge in [-0.1, -0.05) is 18.2 Å². The molecule has 2 fully saturated rings. The van der Waals surface area contributed by atoms with Gasteiger partial charge in [-0.25, -0.2) is 9.97 Å². The first-order valence-electron chi connectivity index (χ1n) is 7.83. The lowest BCUT2D eigenvalue weighted by molar-refractivity contribution is 0.148. The maximum Gasteiger partial charge on any atom is 0.188 e. The molecule has 0 saturated carbocycles. The molecule has 0 atom stereocenters. The minimum atomic E-state index is 0.472. The zero-order valence-corrected chi connectivity index (χ0v) is 12.5. The van der Waals surface area contributed by atoms with Gasteiger partial charge in [-0.05, 0) is 38.1 Å². The van der Waals surface area contributed by atoms with Crippen LogP contribution in [0.15, 0.2) is 42.9 Å². The van der Waals surface area contributed by atoms with Gasteiger partial charge in [0.1, 0.15) is 12.1 Å². The standard InChI is InChI=1S/C17H20N4O/c1-2-4-14(5-3-1)22-15-10-19-13-20-16(15)21-11-17(12-21)6-8-18-9-7-17/h1-5,10,13,18H,6-9,11-12H2. The van der Waals surface area contributed by atoms with Crippen molar-refractivity contribution < 1.29 is 4.74 Å². The molecule has 0 bridgehead atoms.